The zero-order valence-corrected chi connectivity index (χ0v) is 9.32. The molecule has 0 aliphatic carbocycles. The fourth-order valence-corrected chi connectivity index (χ4v) is 2.19. The number of nitrogens with zero attached hydrogens (tertiary/aromatic N) is 2. The maximum absolute atomic E-state index is 5.89. The average molecular weight is 205 g/mol. The molecule has 1 aromatic heterocycles. The molecule has 1 atom stereocenters. The van der Waals surface area contributed by atoms with Crippen LogP contribution in [0.2, 0.25) is 0 Å². The third-order valence-corrected chi connectivity index (χ3v) is 3.26. The van der Waals surface area contributed by atoms with Gasteiger partial charge in [0.05, 0.1) is 11.9 Å². The minimum Gasteiger partial charge on any atom is -0.397 e. The van der Waals surface area contributed by atoms with Crippen molar-refractivity contribution in [1.29, 1.82) is 0 Å². The van der Waals surface area contributed by atoms with Crippen LogP contribution < -0.4 is 5.73 Å². The monoisotopic (exact) mass is 205 g/mol. The Hall–Kier alpha value is -1.09. The molecule has 2 rings (SSSR count). The van der Waals surface area contributed by atoms with E-state index in [1.165, 1.54) is 31.4 Å². The molecule has 1 aliphatic rings. The SMILES string of the molecule is CC1CCCCN1Cc1ccncc1N. The molecule has 3 heteroatoms. The fraction of sp³-hybridized carbons (Fsp3) is 0.583. The van der Waals surface area contributed by atoms with Gasteiger partial charge in [-0.3, -0.25) is 9.88 Å². The van der Waals surface area contributed by atoms with Crippen molar-refractivity contribution in [2.75, 3.05) is 12.3 Å². The number of nitrogens with two attached hydrogens (primary N) is 1. The summed E-state index contributed by atoms with van der Waals surface area (Å²) < 4.78 is 0. The van der Waals surface area contributed by atoms with Crippen molar-refractivity contribution in [3.8, 4) is 0 Å². The number of likely N-dealkylation sites (tertiary alicyclic amines) is 1. The lowest BCUT2D eigenvalue weighted by atomic mass is 10.0. The summed E-state index contributed by atoms with van der Waals surface area (Å²) in [5.41, 5.74) is 7.92. The standard InChI is InChI=1S/C12H19N3/c1-10-4-2-3-7-15(10)9-11-5-6-14-8-12(11)13/h5-6,8,10H,2-4,7,9,13H2,1H3. The first-order valence-electron chi connectivity index (χ1n) is 5.70. The van der Waals surface area contributed by atoms with Crippen LogP contribution in [0.4, 0.5) is 5.69 Å². The van der Waals surface area contributed by atoms with E-state index in [-0.39, 0.29) is 0 Å². The van der Waals surface area contributed by atoms with E-state index in [0.29, 0.717) is 6.04 Å². The van der Waals surface area contributed by atoms with Gasteiger partial charge in [0.2, 0.25) is 0 Å². The zero-order valence-electron chi connectivity index (χ0n) is 9.32. The van der Waals surface area contributed by atoms with Gasteiger partial charge in [0, 0.05) is 18.8 Å². The van der Waals surface area contributed by atoms with Gasteiger partial charge in [-0.05, 0) is 37.9 Å². The average Bonchev–Trinajstić information content (AvgIpc) is 2.24. The Morgan fingerprint density at radius 3 is 3.13 bits per heavy atom. The number of hydrogen-bond acceptors (Lipinski definition) is 3. The van der Waals surface area contributed by atoms with Crippen LogP contribution in [0.3, 0.4) is 0 Å². The van der Waals surface area contributed by atoms with E-state index in [9.17, 15) is 0 Å². The summed E-state index contributed by atoms with van der Waals surface area (Å²) in [6.07, 6.45) is 7.55. The Bertz CT molecular complexity index is 324. The molecule has 2 heterocycles. The highest BCUT2D eigenvalue weighted by atomic mass is 15.2. The van der Waals surface area contributed by atoms with Crippen LogP contribution in [0.1, 0.15) is 31.7 Å². The number of hydrogen-bond donors (Lipinski definition) is 1. The molecule has 1 saturated heterocycles. The highest BCUT2D eigenvalue weighted by Crippen LogP contribution is 2.20. The lowest BCUT2D eigenvalue weighted by Gasteiger charge is -2.33. The van der Waals surface area contributed by atoms with Crippen LogP contribution in [0, 0.1) is 0 Å². The fourth-order valence-electron chi connectivity index (χ4n) is 2.19. The number of anilines is 1. The van der Waals surface area contributed by atoms with Crippen molar-refractivity contribution in [3.63, 3.8) is 0 Å². The third kappa shape index (κ3) is 2.48. The molecule has 0 bridgehead atoms. The molecule has 1 aromatic rings. The number of piperidine rings is 1. The molecule has 0 saturated carbocycles. The van der Waals surface area contributed by atoms with E-state index < -0.39 is 0 Å². The van der Waals surface area contributed by atoms with Crippen LogP contribution in [0.25, 0.3) is 0 Å². The van der Waals surface area contributed by atoms with Gasteiger partial charge < -0.3 is 5.73 Å². The van der Waals surface area contributed by atoms with Crippen molar-refractivity contribution >= 4 is 5.69 Å². The van der Waals surface area contributed by atoms with E-state index in [4.69, 9.17) is 5.73 Å². The first-order chi connectivity index (χ1) is 7.27. The number of nitrogen functional groups attached to an aromatic ring is 1. The molecule has 1 aliphatic heterocycles. The summed E-state index contributed by atoms with van der Waals surface area (Å²) in [5.74, 6) is 0. The molecule has 82 valence electrons. The Morgan fingerprint density at radius 2 is 2.40 bits per heavy atom. The smallest absolute Gasteiger partial charge is 0.0546 e. The van der Waals surface area contributed by atoms with E-state index in [1.807, 2.05) is 12.3 Å². The second-order valence-corrected chi connectivity index (χ2v) is 4.39. The van der Waals surface area contributed by atoms with Gasteiger partial charge in [-0.15, -0.1) is 0 Å². The Balaban J connectivity index is 2.04. The molecular weight excluding hydrogens is 186 g/mol. The summed E-state index contributed by atoms with van der Waals surface area (Å²) in [5, 5.41) is 0. The van der Waals surface area contributed by atoms with Crippen LogP contribution in [-0.2, 0) is 6.54 Å². The van der Waals surface area contributed by atoms with Gasteiger partial charge in [-0.1, -0.05) is 6.42 Å². The van der Waals surface area contributed by atoms with Crippen LogP contribution in [0.15, 0.2) is 18.5 Å². The molecule has 15 heavy (non-hydrogen) atoms. The van der Waals surface area contributed by atoms with E-state index in [0.717, 1.165) is 12.2 Å². The van der Waals surface area contributed by atoms with Crippen LogP contribution in [0.5, 0.6) is 0 Å². The highest BCUT2D eigenvalue weighted by Gasteiger charge is 2.18. The molecule has 0 amide bonds. The Morgan fingerprint density at radius 1 is 1.53 bits per heavy atom. The van der Waals surface area contributed by atoms with Crippen LogP contribution in [-0.4, -0.2) is 22.5 Å². The molecular formula is C12H19N3. The molecule has 1 unspecified atom stereocenters. The van der Waals surface area contributed by atoms with Gasteiger partial charge in [0.1, 0.15) is 0 Å². The maximum Gasteiger partial charge on any atom is 0.0546 e. The number of aromatic nitrogens is 1. The van der Waals surface area contributed by atoms with Gasteiger partial charge >= 0.3 is 0 Å². The van der Waals surface area contributed by atoms with Gasteiger partial charge in [0.25, 0.3) is 0 Å². The van der Waals surface area contributed by atoms with Crippen molar-refractivity contribution < 1.29 is 0 Å². The molecule has 0 radical (unpaired) electrons. The zero-order chi connectivity index (χ0) is 10.7. The molecule has 1 fully saturated rings. The summed E-state index contributed by atoms with van der Waals surface area (Å²) >= 11 is 0. The van der Waals surface area contributed by atoms with Crippen molar-refractivity contribution in [1.82, 2.24) is 9.88 Å². The minimum atomic E-state index is 0.686. The third-order valence-electron chi connectivity index (χ3n) is 3.26. The molecule has 0 aromatic carbocycles. The minimum absolute atomic E-state index is 0.686. The molecule has 0 spiro atoms. The number of pyridine rings is 1. The quantitative estimate of drug-likeness (QED) is 0.803. The van der Waals surface area contributed by atoms with Crippen molar-refractivity contribution in [3.05, 3.63) is 24.0 Å². The van der Waals surface area contributed by atoms with Crippen molar-refractivity contribution in [2.45, 2.75) is 38.8 Å². The molecule has 3 nitrogen and oxygen atoms in total. The second kappa shape index (κ2) is 4.62. The maximum atomic E-state index is 5.89. The van der Waals surface area contributed by atoms with E-state index in [1.54, 1.807) is 6.20 Å². The van der Waals surface area contributed by atoms with Gasteiger partial charge in [0.15, 0.2) is 0 Å². The molecule has 2 N–H and O–H groups in total. The summed E-state index contributed by atoms with van der Waals surface area (Å²) in [6.45, 7) is 4.47. The predicted molar refractivity (Wildman–Crippen MR) is 62.4 cm³/mol. The van der Waals surface area contributed by atoms with E-state index >= 15 is 0 Å². The lowest BCUT2D eigenvalue weighted by Crippen LogP contribution is -2.36. The number of rotatable bonds is 2. The summed E-state index contributed by atoms with van der Waals surface area (Å²) in [7, 11) is 0. The second-order valence-electron chi connectivity index (χ2n) is 4.39. The van der Waals surface area contributed by atoms with Gasteiger partial charge in [-0.25, -0.2) is 0 Å². The summed E-state index contributed by atoms with van der Waals surface area (Å²) in [6, 6.07) is 2.71. The predicted octanol–water partition coefficient (Wildman–Crippen LogP) is 2.04. The first kappa shape index (κ1) is 10.4. The highest BCUT2D eigenvalue weighted by molar-refractivity contribution is 5.43. The lowest BCUT2D eigenvalue weighted by molar-refractivity contribution is 0.153. The van der Waals surface area contributed by atoms with E-state index in [2.05, 4.69) is 16.8 Å². The topological polar surface area (TPSA) is 42.2 Å². The largest absolute Gasteiger partial charge is 0.397 e. The summed E-state index contributed by atoms with van der Waals surface area (Å²) in [4.78, 5) is 6.52. The van der Waals surface area contributed by atoms with Crippen molar-refractivity contribution in [2.24, 2.45) is 0 Å². The Labute approximate surface area is 91.3 Å². The van der Waals surface area contributed by atoms with Gasteiger partial charge in [-0.2, -0.15) is 0 Å². The Kier molecular flexibility index (Phi) is 3.21. The van der Waals surface area contributed by atoms with Crippen LogP contribution >= 0.6 is 0 Å². The normalized spacial score (nSPS) is 22.9. The first-order valence-corrected chi connectivity index (χ1v) is 5.70.